The summed E-state index contributed by atoms with van der Waals surface area (Å²) in [6.45, 7) is 6.38. The van der Waals surface area contributed by atoms with Crippen molar-refractivity contribution in [2.45, 2.75) is 39.7 Å². The molecule has 2 unspecified atom stereocenters. The van der Waals surface area contributed by atoms with Crippen molar-refractivity contribution >= 4 is 5.91 Å². The zero-order chi connectivity index (χ0) is 11.0. The monoisotopic (exact) mass is 196 g/mol. The van der Waals surface area contributed by atoms with Gasteiger partial charge in [-0.1, -0.05) is 20.3 Å². The summed E-state index contributed by atoms with van der Waals surface area (Å²) in [4.78, 5) is 11.4. The van der Waals surface area contributed by atoms with Gasteiger partial charge in [-0.15, -0.1) is 11.8 Å². The summed E-state index contributed by atoms with van der Waals surface area (Å²) in [7, 11) is 0. The highest BCUT2D eigenvalue weighted by Crippen LogP contribution is 2.04. The Labute approximate surface area is 86.4 Å². The normalized spacial score (nSPS) is 13.7. The number of hydrogen-bond donors (Lipinski definition) is 2. The number of amides is 1. The second-order valence-corrected chi connectivity index (χ2v) is 3.38. The van der Waals surface area contributed by atoms with Gasteiger partial charge in [-0.3, -0.25) is 4.79 Å². The summed E-state index contributed by atoms with van der Waals surface area (Å²) in [6, 6.07) is -0.394. The first-order chi connectivity index (χ1) is 6.63. The molecule has 14 heavy (non-hydrogen) atoms. The molecule has 1 amide bonds. The molecule has 0 aliphatic rings. The van der Waals surface area contributed by atoms with Gasteiger partial charge < -0.3 is 11.1 Å². The Kier molecular flexibility index (Phi) is 6.87. The molecule has 0 aromatic carbocycles. The summed E-state index contributed by atoms with van der Waals surface area (Å²) in [5.41, 5.74) is 5.74. The van der Waals surface area contributed by atoms with E-state index in [4.69, 9.17) is 5.73 Å². The van der Waals surface area contributed by atoms with Crippen molar-refractivity contribution < 1.29 is 4.79 Å². The van der Waals surface area contributed by atoms with Gasteiger partial charge in [0.25, 0.3) is 0 Å². The van der Waals surface area contributed by atoms with Crippen LogP contribution in [0.1, 0.15) is 33.6 Å². The molecule has 0 spiro atoms. The SMILES string of the molecule is CC#CCCNC(=O)C(N)C(C)CC. The number of nitrogens with two attached hydrogens (primary N) is 1. The summed E-state index contributed by atoms with van der Waals surface area (Å²) >= 11 is 0. The highest BCUT2D eigenvalue weighted by Gasteiger charge is 2.18. The number of carbonyl (C=O) groups is 1. The van der Waals surface area contributed by atoms with E-state index >= 15 is 0 Å². The van der Waals surface area contributed by atoms with Crippen molar-refractivity contribution in [1.82, 2.24) is 5.32 Å². The van der Waals surface area contributed by atoms with Crippen molar-refractivity contribution in [2.75, 3.05) is 6.54 Å². The molecular formula is C11H20N2O. The van der Waals surface area contributed by atoms with Crippen LogP contribution in [0.4, 0.5) is 0 Å². The highest BCUT2D eigenvalue weighted by atomic mass is 16.2. The van der Waals surface area contributed by atoms with Gasteiger partial charge in [0, 0.05) is 13.0 Å². The molecule has 0 aromatic rings. The van der Waals surface area contributed by atoms with Gasteiger partial charge in [0.1, 0.15) is 0 Å². The fourth-order valence-electron chi connectivity index (χ4n) is 1.00. The molecule has 0 rings (SSSR count). The number of hydrogen-bond acceptors (Lipinski definition) is 2. The number of rotatable bonds is 5. The molecule has 0 bridgehead atoms. The second kappa shape index (κ2) is 7.40. The molecule has 80 valence electrons. The third kappa shape index (κ3) is 4.88. The van der Waals surface area contributed by atoms with E-state index in [-0.39, 0.29) is 11.8 Å². The van der Waals surface area contributed by atoms with E-state index in [0.29, 0.717) is 13.0 Å². The lowest BCUT2D eigenvalue weighted by Crippen LogP contribution is -2.44. The van der Waals surface area contributed by atoms with Crippen LogP contribution in [-0.4, -0.2) is 18.5 Å². The van der Waals surface area contributed by atoms with Crippen molar-refractivity contribution in [3.05, 3.63) is 0 Å². The molecule has 2 atom stereocenters. The largest absolute Gasteiger partial charge is 0.354 e. The maximum atomic E-state index is 11.4. The fourth-order valence-corrected chi connectivity index (χ4v) is 1.00. The van der Waals surface area contributed by atoms with Crippen molar-refractivity contribution in [3.63, 3.8) is 0 Å². The van der Waals surface area contributed by atoms with Gasteiger partial charge >= 0.3 is 0 Å². The lowest BCUT2D eigenvalue weighted by atomic mass is 9.99. The van der Waals surface area contributed by atoms with Gasteiger partial charge in [-0.25, -0.2) is 0 Å². The van der Waals surface area contributed by atoms with Crippen LogP contribution in [0.25, 0.3) is 0 Å². The van der Waals surface area contributed by atoms with E-state index in [9.17, 15) is 4.79 Å². The molecule has 0 aliphatic carbocycles. The van der Waals surface area contributed by atoms with Crippen LogP contribution in [0.5, 0.6) is 0 Å². The molecule has 3 nitrogen and oxygen atoms in total. The average molecular weight is 196 g/mol. The van der Waals surface area contributed by atoms with Crippen molar-refractivity contribution in [2.24, 2.45) is 11.7 Å². The van der Waals surface area contributed by atoms with Gasteiger partial charge in [0.05, 0.1) is 6.04 Å². The zero-order valence-corrected chi connectivity index (χ0v) is 9.26. The first-order valence-electron chi connectivity index (χ1n) is 5.06. The minimum Gasteiger partial charge on any atom is -0.354 e. The molecule has 3 N–H and O–H groups in total. The third-order valence-corrected chi connectivity index (χ3v) is 2.29. The van der Waals surface area contributed by atoms with Crippen molar-refractivity contribution in [3.8, 4) is 11.8 Å². The van der Waals surface area contributed by atoms with Crippen LogP contribution in [0.15, 0.2) is 0 Å². The topological polar surface area (TPSA) is 55.1 Å². The maximum absolute atomic E-state index is 11.4. The van der Waals surface area contributed by atoms with Crippen LogP contribution < -0.4 is 11.1 Å². The average Bonchev–Trinajstić information content (AvgIpc) is 2.21. The highest BCUT2D eigenvalue weighted by molar-refractivity contribution is 5.81. The Morgan fingerprint density at radius 3 is 2.71 bits per heavy atom. The Bertz CT molecular complexity index is 227. The Morgan fingerprint density at radius 2 is 2.21 bits per heavy atom. The zero-order valence-electron chi connectivity index (χ0n) is 9.26. The van der Waals surface area contributed by atoms with E-state index in [1.807, 2.05) is 13.8 Å². The molecule has 3 heteroatoms. The lowest BCUT2D eigenvalue weighted by molar-refractivity contribution is -0.123. The van der Waals surface area contributed by atoms with E-state index in [1.54, 1.807) is 6.92 Å². The van der Waals surface area contributed by atoms with Gasteiger partial charge in [-0.05, 0) is 12.8 Å². The Balaban J connectivity index is 3.76. The maximum Gasteiger partial charge on any atom is 0.237 e. The van der Waals surface area contributed by atoms with Crippen LogP contribution in [0, 0.1) is 17.8 Å². The predicted molar refractivity (Wildman–Crippen MR) is 58.5 cm³/mol. The lowest BCUT2D eigenvalue weighted by Gasteiger charge is -2.17. The predicted octanol–water partition coefficient (Wildman–Crippen LogP) is 0.889. The van der Waals surface area contributed by atoms with Crippen LogP contribution in [0.3, 0.4) is 0 Å². The molecule has 0 saturated carbocycles. The first-order valence-corrected chi connectivity index (χ1v) is 5.06. The van der Waals surface area contributed by atoms with E-state index < -0.39 is 6.04 Å². The second-order valence-electron chi connectivity index (χ2n) is 3.38. The third-order valence-electron chi connectivity index (χ3n) is 2.29. The minimum absolute atomic E-state index is 0.0720. The summed E-state index contributed by atoms with van der Waals surface area (Å²) in [5.74, 6) is 5.81. The van der Waals surface area contributed by atoms with Crippen molar-refractivity contribution in [1.29, 1.82) is 0 Å². The molecule has 0 fully saturated rings. The van der Waals surface area contributed by atoms with Crippen LogP contribution >= 0.6 is 0 Å². The van der Waals surface area contributed by atoms with Crippen LogP contribution in [-0.2, 0) is 4.79 Å². The molecular weight excluding hydrogens is 176 g/mol. The van der Waals surface area contributed by atoms with Gasteiger partial charge in [0.2, 0.25) is 5.91 Å². The summed E-state index contributed by atoms with van der Waals surface area (Å²) in [5, 5.41) is 2.77. The summed E-state index contributed by atoms with van der Waals surface area (Å²) in [6.07, 6.45) is 1.61. The van der Waals surface area contributed by atoms with Crippen LogP contribution in [0.2, 0.25) is 0 Å². The molecule has 0 heterocycles. The minimum atomic E-state index is -0.394. The fraction of sp³-hybridized carbons (Fsp3) is 0.727. The Morgan fingerprint density at radius 1 is 1.57 bits per heavy atom. The van der Waals surface area contributed by atoms with Gasteiger partial charge in [0.15, 0.2) is 0 Å². The number of nitrogens with one attached hydrogen (secondary N) is 1. The molecule has 0 radical (unpaired) electrons. The standard InChI is InChI=1S/C11H20N2O/c1-4-6-7-8-13-11(14)10(12)9(3)5-2/h9-10H,5,7-8,12H2,1-3H3,(H,13,14). The van der Waals surface area contributed by atoms with Gasteiger partial charge in [-0.2, -0.15) is 0 Å². The van der Waals surface area contributed by atoms with E-state index in [0.717, 1.165) is 6.42 Å². The van der Waals surface area contributed by atoms with E-state index in [1.165, 1.54) is 0 Å². The van der Waals surface area contributed by atoms with E-state index in [2.05, 4.69) is 17.2 Å². The summed E-state index contributed by atoms with van der Waals surface area (Å²) < 4.78 is 0. The smallest absolute Gasteiger partial charge is 0.237 e. The number of carbonyl (C=O) groups excluding carboxylic acids is 1. The first kappa shape index (κ1) is 13.0. The Hall–Kier alpha value is -1.01. The molecule has 0 saturated heterocycles. The molecule has 0 aliphatic heterocycles. The molecule has 0 aromatic heterocycles. The quantitative estimate of drug-likeness (QED) is 0.507.